The van der Waals surface area contributed by atoms with Gasteiger partial charge in [0, 0.05) is 43.5 Å². The lowest BCUT2D eigenvalue weighted by Crippen LogP contribution is -2.40. The first kappa shape index (κ1) is 19.1. The highest BCUT2D eigenvalue weighted by molar-refractivity contribution is 5.56. The SMILES string of the molecule is C[C@@H]1CCCN(c2cc(N3CCOCC3)cc(=O)[nH]2)[C@@H](Cc2ccccc2)C1. The summed E-state index contributed by atoms with van der Waals surface area (Å²) < 4.78 is 5.47. The van der Waals surface area contributed by atoms with Crippen LogP contribution in [0.5, 0.6) is 0 Å². The summed E-state index contributed by atoms with van der Waals surface area (Å²) >= 11 is 0. The van der Waals surface area contributed by atoms with Crippen LogP contribution < -0.4 is 15.4 Å². The molecule has 1 N–H and O–H groups in total. The quantitative estimate of drug-likeness (QED) is 0.881. The van der Waals surface area contributed by atoms with Gasteiger partial charge in [-0.15, -0.1) is 0 Å². The lowest BCUT2D eigenvalue weighted by Gasteiger charge is -2.34. The number of pyridine rings is 1. The molecule has 2 fully saturated rings. The molecule has 4 rings (SSSR count). The third-order valence-corrected chi connectivity index (χ3v) is 6.03. The van der Waals surface area contributed by atoms with E-state index in [2.05, 4.69) is 58.1 Å². The van der Waals surface area contributed by atoms with Crippen LogP contribution in [0, 0.1) is 5.92 Å². The minimum absolute atomic E-state index is 0.0188. The Kier molecular flexibility index (Phi) is 6.01. The van der Waals surface area contributed by atoms with Gasteiger partial charge in [-0.3, -0.25) is 4.79 Å². The first-order valence-corrected chi connectivity index (χ1v) is 10.6. The fourth-order valence-corrected chi connectivity index (χ4v) is 4.57. The molecule has 2 atom stereocenters. The Morgan fingerprint density at radius 1 is 1.11 bits per heavy atom. The maximum Gasteiger partial charge on any atom is 0.251 e. The molecule has 5 heteroatoms. The van der Waals surface area contributed by atoms with E-state index in [0.717, 1.165) is 63.6 Å². The van der Waals surface area contributed by atoms with E-state index in [0.29, 0.717) is 12.0 Å². The highest BCUT2D eigenvalue weighted by atomic mass is 16.5. The summed E-state index contributed by atoms with van der Waals surface area (Å²) in [7, 11) is 0. The monoisotopic (exact) mass is 381 g/mol. The summed E-state index contributed by atoms with van der Waals surface area (Å²) in [4.78, 5) is 20.3. The highest BCUT2D eigenvalue weighted by Gasteiger charge is 2.26. The molecule has 1 aromatic carbocycles. The molecular weight excluding hydrogens is 350 g/mol. The van der Waals surface area contributed by atoms with Gasteiger partial charge in [-0.2, -0.15) is 0 Å². The number of morpholine rings is 1. The van der Waals surface area contributed by atoms with Gasteiger partial charge >= 0.3 is 0 Å². The molecule has 0 radical (unpaired) electrons. The van der Waals surface area contributed by atoms with Crippen LogP contribution in [0.1, 0.15) is 31.7 Å². The number of hydrogen-bond donors (Lipinski definition) is 1. The van der Waals surface area contributed by atoms with Crippen LogP contribution in [0.25, 0.3) is 0 Å². The molecule has 0 aliphatic carbocycles. The van der Waals surface area contributed by atoms with Crippen molar-refractivity contribution in [3.63, 3.8) is 0 Å². The first-order chi connectivity index (χ1) is 13.7. The number of benzene rings is 1. The van der Waals surface area contributed by atoms with Crippen LogP contribution in [-0.4, -0.2) is 43.9 Å². The number of nitrogens with one attached hydrogen (secondary N) is 1. The lowest BCUT2D eigenvalue weighted by molar-refractivity contribution is 0.122. The van der Waals surface area contributed by atoms with Crippen molar-refractivity contribution in [2.24, 2.45) is 5.92 Å². The fraction of sp³-hybridized carbons (Fsp3) is 0.522. The first-order valence-electron chi connectivity index (χ1n) is 10.6. The smallest absolute Gasteiger partial charge is 0.251 e. The van der Waals surface area contributed by atoms with Crippen LogP contribution in [0.4, 0.5) is 11.5 Å². The van der Waals surface area contributed by atoms with Crippen molar-refractivity contribution in [3.05, 3.63) is 58.4 Å². The van der Waals surface area contributed by atoms with Crippen LogP contribution in [-0.2, 0) is 11.2 Å². The van der Waals surface area contributed by atoms with Crippen LogP contribution in [0.3, 0.4) is 0 Å². The van der Waals surface area contributed by atoms with E-state index in [1.54, 1.807) is 6.07 Å². The second-order valence-corrected chi connectivity index (χ2v) is 8.21. The average molecular weight is 382 g/mol. The minimum Gasteiger partial charge on any atom is -0.378 e. The Balaban J connectivity index is 1.63. The maximum absolute atomic E-state index is 12.5. The van der Waals surface area contributed by atoms with E-state index in [4.69, 9.17) is 4.74 Å². The van der Waals surface area contributed by atoms with Gasteiger partial charge in [0.1, 0.15) is 5.82 Å². The number of aromatic nitrogens is 1. The minimum atomic E-state index is -0.0188. The van der Waals surface area contributed by atoms with Crippen molar-refractivity contribution in [2.75, 3.05) is 42.6 Å². The van der Waals surface area contributed by atoms with E-state index in [1.165, 1.54) is 12.0 Å². The van der Waals surface area contributed by atoms with E-state index in [9.17, 15) is 4.79 Å². The number of nitrogens with zero attached hydrogens (tertiary/aromatic N) is 2. The van der Waals surface area contributed by atoms with Crippen molar-refractivity contribution in [3.8, 4) is 0 Å². The van der Waals surface area contributed by atoms with Gasteiger partial charge in [0.25, 0.3) is 5.56 Å². The van der Waals surface area contributed by atoms with Gasteiger partial charge in [-0.1, -0.05) is 37.3 Å². The molecule has 2 aliphatic heterocycles. The van der Waals surface area contributed by atoms with Crippen LogP contribution in [0.2, 0.25) is 0 Å². The van der Waals surface area contributed by atoms with Gasteiger partial charge in [0.05, 0.1) is 13.2 Å². The molecule has 2 aromatic rings. The second-order valence-electron chi connectivity index (χ2n) is 8.21. The van der Waals surface area contributed by atoms with E-state index in [-0.39, 0.29) is 5.56 Å². The molecule has 5 nitrogen and oxygen atoms in total. The molecule has 28 heavy (non-hydrogen) atoms. The van der Waals surface area contributed by atoms with Crippen LogP contribution in [0.15, 0.2) is 47.3 Å². The normalized spacial score (nSPS) is 23.5. The molecule has 150 valence electrons. The predicted octanol–water partition coefficient (Wildman–Crippen LogP) is 3.45. The summed E-state index contributed by atoms with van der Waals surface area (Å²) in [6.07, 6.45) is 4.57. The van der Waals surface area contributed by atoms with E-state index < -0.39 is 0 Å². The summed E-state index contributed by atoms with van der Waals surface area (Å²) in [5, 5.41) is 0. The summed E-state index contributed by atoms with van der Waals surface area (Å²) in [6, 6.07) is 15.0. The molecule has 0 spiro atoms. The number of aromatic amines is 1. The van der Waals surface area contributed by atoms with Gasteiger partial charge < -0.3 is 19.5 Å². The Morgan fingerprint density at radius 2 is 1.89 bits per heavy atom. The zero-order valence-corrected chi connectivity index (χ0v) is 16.8. The number of hydrogen-bond acceptors (Lipinski definition) is 4. The Labute approximate surface area is 167 Å². The van der Waals surface area contributed by atoms with Crippen molar-refractivity contribution in [1.29, 1.82) is 0 Å². The fourth-order valence-electron chi connectivity index (χ4n) is 4.57. The topological polar surface area (TPSA) is 48.6 Å². The summed E-state index contributed by atoms with van der Waals surface area (Å²) in [5.41, 5.74) is 2.35. The summed E-state index contributed by atoms with van der Waals surface area (Å²) in [6.45, 7) is 6.47. The van der Waals surface area contributed by atoms with Crippen molar-refractivity contribution in [1.82, 2.24) is 4.98 Å². The molecule has 0 bridgehead atoms. The van der Waals surface area contributed by atoms with Crippen LogP contribution >= 0.6 is 0 Å². The second kappa shape index (κ2) is 8.82. The van der Waals surface area contributed by atoms with E-state index >= 15 is 0 Å². The Bertz CT molecular complexity index is 814. The average Bonchev–Trinajstić information content (AvgIpc) is 2.90. The van der Waals surface area contributed by atoms with Gasteiger partial charge in [0.2, 0.25) is 0 Å². The molecule has 0 saturated carbocycles. The maximum atomic E-state index is 12.5. The Morgan fingerprint density at radius 3 is 2.68 bits per heavy atom. The number of H-pyrrole nitrogens is 1. The zero-order valence-electron chi connectivity index (χ0n) is 16.8. The highest BCUT2D eigenvalue weighted by Crippen LogP contribution is 2.29. The number of anilines is 2. The lowest BCUT2D eigenvalue weighted by atomic mass is 9.94. The van der Waals surface area contributed by atoms with Gasteiger partial charge in [-0.25, -0.2) is 0 Å². The third-order valence-electron chi connectivity index (χ3n) is 6.03. The molecular formula is C23H31N3O2. The number of rotatable bonds is 4. The molecule has 2 saturated heterocycles. The molecule has 2 aliphatic rings. The molecule has 0 unspecified atom stereocenters. The molecule has 1 aromatic heterocycles. The predicted molar refractivity (Wildman–Crippen MR) is 114 cm³/mol. The number of ether oxygens (including phenoxy) is 1. The standard InChI is InChI=1S/C23H31N3O2/c1-18-6-5-9-26(21(14-18)15-19-7-3-2-4-8-19)22-16-20(17-23(27)24-22)25-10-12-28-13-11-25/h2-4,7-8,16-18,21H,5-6,9-15H2,1H3,(H,24,27)/t18-,21-/m1/s1. The van der Waals surface area contributed by atoms with Crippen molar-refractivity contribution >= 4 is 11.5 Å². The van der Waals surface area contributed by atoms with Crippen molar-refractivity contribution in [2.45, 2.75) is 38.6 Å². The third kappa shape index (κ3) is 4.58. The Hall–Kier alpha value is -2.27. The van der Waals surface area contributed by atoms with E-state index in [1.807, 2.05) is 0 Å². The zero-order chi connectivity index (χ0) is 19.3. The van der Waals surface area contributed by atoms with Gasteiger partial charge in [-0.05, 0) is 37.2 Å². The van der Waals surface area contributed by atoms with Gasteiger partial charge in [0.15, 0.2) is 0 Å². The van der Waals surface area contributed by atoms with Crippen molar-refractivity contribution < 1.29 is 4.74 Å². The summed E-state index contributed by atoms with van der Waals surface area (Å²) in [5.74, 6) is 1.66. The molecule has 0 amide bonds. The molecule has 3 heterocycles. The largest absolute Gasteiger partial charge is 0.378 e.